The van der Waals surface area contributed by atoms with Crippen molar-refractivity contribution in [3.63, 3.8) is 0 Å². The zero-order valence-corrected chi connectivity index (χ0v) is 55.8. The van der Waals surface area contributed by atoms with Crippen molar-refractivity contribution in [3.8, 4) is 90.1 Å². The molecular weight excluding hydrogens is 1250 g/mol. The third-order valence-electron chi connectivity index (χ3n) is 21.5. The van der Waals surface area contributed by atoms with Crippen LogP contribution in [-0.2, 0) is 0 Å². The number of nitrogens with zero attached hydrogens (tertiary/aromatic N) is 6. The summed E-state index contributed by atoms with van der Waals surface area (Å²) in [4.78, 5) is 0. The van der Waals surface area contributed by atoms with Crippen LogP contribution in [0.25, 0.3) is 193 Å². The van der Waals surface area contributed by atoms with Crippen LogP contribution in [0.2, 0.25) is 0 Å². The SMILES string of the molecule is N#Cc1cccc(-c2c(-n3c4ccccc4c4ccccc43)c(-n3c4ccc(-c5ccccc5)cc4c4cc(-c5ccccc5)ccc43)c(-n3c4ccccc4c4ccccc43)c(-n3c4ccc(-c5ccccc5)cc4c4cc(-c5ccccc5)ccc43)c2-n2c3ccccc3c3ccccc32)c1. The van der Waals surface area contributed by atoms with Crippen molar-refractivity contribution in [3.05, 3.63) is 370 Å². The molecule has 0 spiro atoms. The lowest BCUT2D eigenvalue weighted by Gasteiger charge is -2.32. The van der Waals surface area contributed by atoms with E-state index in [-0.39, 0.29) is 0 Å². The second kappa shape index (κ2) is 23.1. The van der Waals surface area contributed by atoms with Gasteiger partial charge in [-0.2, -0.15) is 5.26 Å². The largest absolute Gasteiger partial charge is 0.306 e. The van der Waals surface area contributed by atoms with Gasteiger partial charge in [0.15, 0.2) is 0 Å². The molecule has 0 aliphatic heterocycles. The molecule has 478 valence electrons. The highest BCUT2D eigenvalue weighted by Crippen LogP contribution is 2.55. The number of benzene rings is 16. The molecule has 0 atom stereocenters. The van der Waals surface area contributed by atoms with Gasteiger partial charge in [0, 0.05) is 59.4 Å². The minimum absolute atomic E-state index is 0.547. The summed E-state index contributed by atoms with van der Waals surface area (Å²) in [6.45, 7) is 0. The third kappa shape index (κ3) is 8.80. The molecular formula is C97H60N6. The molecule has 5 heterocycles. The van der Waals surface area contributed by atoms with Crippen molar-refractivity contribution in [1.82, 2.24) is 22.8 Å². The minimum atomic E-state index is 0.547. The van der Waals surface area contributed by atoms with Crippen molar-refractivity contribution >= 4 is 109 Å². The van der Waals surface area contributed by atoms with Crippen molar-refractivity contribution < 1.29 is 0 Å². The Morgan fingerprint density at radius 3 is 0.660 bits per heavy atom. The molecule has 103 heavy (non-hydrogen) atoms. The van der Waals surface area contributed by atoms with E-state index < -0.39 is 0 Å². The van der Waals surface area contributed by atoms with Crippen LogP contribution in [0.1, 0.15) is 5.56 Å². The quantitative estimate of drug-likeness (QED) is 0.135. The normalized spacial score (nSPS) is 11.9. The van der Waals surface area contributed by atoms with Gasteiger partial charge >= 0.3 is 0 Å². The summed E-state index contributed by atoms with van der Waals surface area (Å²) in [5, 5.41) is 22.6. The Labute approximate surface area is 593 Å². The lowest BCUT2D eigenvalue weighted by atomic mass is 9.94. The van der Waals surface area contributed by atoms with Crippen molar-refractivity contribution in [2.45, 2.75) is 0 Å². The molecule has 0 saturated carbocycles. The van der Waals surface area contributed by atoms with Gasteiger partial charge in [0.1, 0.15) is 0 Å². The van der Waals surface area contributed by atoms with Crippen LogP contribution in [0.15, 0.2) is 364 Å². The lowest BCUT2D eigenvalue weighted by molar-refractivity contribution is 1.00. The number of rotatable bonds is 10. The molecule has 0 bridgehead atoms. The first kappa shape index (κ1) is 58.0. The molecule has 0 unspecified atom stereocenters. The fourth-order valence-corrected chi connectivity index (χ4v) is 17.0. The van der Waals surface area contributed by atoms with E-state index in [1.807, 2.05) is 6.07 Å². The number of fused-ring (bicyclic) bond motifs is 15. The molecule has 0 saturated heterocycles. The van der Waals surface area contributed by atoms with E-state index in [9.17, 15) is 5.26 Å². The molecule has 0 aliphatic carbocycles. The molecule has 0 aliphatic rings. The average molecular weight is 1310 g/mol. The third-order valence-corrected chi connectivity index (χ3v) is 21.5. The fourth-order valence-electron chi connectivity index (χ4n) is 17.0. The smallest absolute Gasteiger partial charge is 0.0991 e. The van der Waals surface area contributed by atoms with Gasteiger partial charge in [-0.3, -0.25) is 0 Å². The van der Waals surface area contributed by atoms with Gasteiger partial charge in [-0.25, -0.2) is 0 Å². The van der Waals surface area contributed by atoms with Crippen LogP contribution in [0.4, 0.5) is 0 Å². The summed E-state index contributed by atoms with van der Waals surface area (Å²) in [5.74, 6) is 0. The Kier molecular flexibility index (Phi) is 13.0. The summed E-state index contributed by atoms with van der Waals surface area (Å²) < 4.78 is 13.0. The van der Waals surface area contributed by atoms with E-state index in [0.717, 1.165) is 193 Å². The Morgan fingerprint density at radius 2 is 0.388 bits per heavy atom. The number of para-hydroxylation sites is 6. The molecule has 0 N–H and O–H groups in total. The van der Waals surface area contributed by atoms with Gasteiger partial charge in [-0.15, -0.1) is 0 Å². The summed E-state index contributed by atoms with van der Waals surface area (Å²) in [7, 11) is 0. The van der Waals surface area contributed by atoms with Crippen LogP contribution in [-0.4, -0.2) is 22.8 Å². The van der Waals surface area contributed by atoms with Gasteiger partial charge in [0.05, 0.1) is 95.2 Å². The van der Waals surface area contributed by atoms with E-state index in [4.69, 9.17) is 0 Å². The molecule has 21 aromatic rings. The number of nitriles is 1. The van der Waals surface area contributed by atoms with Crippen LogP contribution in [0, 0.1) is 11.3 Å². The molecule has 0 amide bonds. The molecule has 0 radical (unpaired) electrons. The van der Waals surface area contributed by atoms with Gasteiger partial charge < -0.3 is 22.8 Å². The average Bonchev–Trinajstić information content (AvgIpc) is 1.55. The summed E-state index contributed by atoms with van der Waals surface area (Å²) in [5.41, 5.74) is 26.4. The van der Waals surface area contributed by atoms with E-state index in [1.54, 1.807) is 0 Å². The first-order valence-corrected chi connectivity index (χ1v) is 35.2. The Morgan fingerprint density at radius 1 is 0.165 bits per heavy atom. The highest BCUT2D eigenvalue weighted by atomic mass is 15.2. The number of hydrogen-bond acceptors (Lipinski definition) is 1. The van der Waals surface area contributed by atoms with Gasteiger partial charge in [0.25, 0.3) is 0 Å². The van der Waals surface area contributed by atoms with Crippen molar-refractivity contribution in [1.29, 1.82) is 5.26 Å². The molecule has 0 fully saturated rings. The maximum Gasteiger partial charge on any atom is 0.0991 e. The van der Waals surface area contributed by atoms with Gasteiger partial charge in [-0.1, -0.05) is 267 Å². The minimum Gasteiger partial charge on any atom is -0.306 e. The highest BCUT2D eigenvalue weighted by Gasteiger charge is 2.37. The lowest BCUT2D eigenvalue weighted by Crippen LogP contribution is -2.18. The molecule has 6 heteroatoms. The predicted molar refractivity (Wildman–Crippen MR) is 430 cm³/mol. The fraction of sp³-hybridized carbons (Fsp3) is 0. The first-order chi connectivity index (χ1) is 51.1. The summed E-state index contributed by atoms with van der Waals surface area (Å²) in [6.07, 6.45) is 0. The topological polar surface area (TPSA) is 48.4 Å². The zero-order valence-electron chi connectivity index (χ0n) is 55.8. The summed E-state index contributed by atoms with van der Waals surface area (Å²) >= 11 is 0. The highest BCUT2D eigenvalue weighted by molar-refractivity contribution is 6.20. The van der Waals surface area contributed by atoms with Gasteiger partial charge in [0.2, 0.25) is 0 Å². The number of aromatic nitrogens is 5. The van der Waals surface area contributed by atoms with Gasteiger partial charge in [-0.05, 0) is 147 Å². The predicted octanol–water partition coefficient (Wildman–Crippen LogP) is 25.4. The monoisotopic (exact) mass is 1310 g/mol. The van der Waals surface area contributed by atoms with Crippen LogP contribution in [0.5, 0.6) is 0 Å². The van der Waals surface area contributed by atoms with Crippen LogP contribution >= 0.6 is 0 Å². The second-order valence-corrected chi connectivity index (χ2v) is 27.0. The maximum absolute atomic E-state index is 11.5. The molecule has 6 nitrogen and oxygen atoms in total. The standard InChI is InChI=1S/C97H60N6/c98-61-62-26-25-35-71(56-62)92-93(99-82-42-19-13-36-72(82)73-37-14-20-43-83(73)99)95(102-88-52-48-67(63-27-5-1-6-28-63)57-78(88)79-58-68(49-53-89(79)102)64-29-7-2-8-30-64)97(101-86-46-23-17-40-76(86)77-41-18-24-47-87(77)101)96(94(92)100-84-44-21-15-38-74(84)75-39-16-22-45-85(75)100)103-90-54-50-69(65-31-9-3-10-32-65)59-80(90)81-60-70(51-55-91(81)103)66-33-11-4-12-34-66/h1-60H. The maximum atomic E-state index is 11.5. The van der Waals surface area contributed by atoms with E-state index in [0.29, 0.717) is 5.56 Å². The molecule has 21 rings (SSSR count). The van der Waals surface area contributed by atoms with Crippen LogP contribution in [0.3, 0.4) is 0 Å². The van der Waals surface area contributed by atoms with E-state index in [1.165, 1.54) is 0 Å². The van der Waals surface area contributed by atoms with E-state index >= 15 is 0 Å². The van der Waals surface area contributed by atoms with E-state index in [2.05, 4.69) is 387 Å². The van der Waals surface area contributed by atoms with Crippen LogP contribution < -0.4 is 0 Å². The Hall–Kier alpha value is -14.0. The van der Waals surface area contributed by atoms with Crippen molar-refractivity contribution in [2.24, 2.45) is 0 Å². The molecule has 5 aromatic heterocycles. The van der Waals surface area contributed by atoms with Crippen molar-refractivity contribution in [2.75, 3.05) is 0 Å². The molecule has 16 aromatic carbocycles. The summed E-state index contributed by atoms with van der Waals surface area (Å²) in [6, 6.07) is 136. The Balaban J connectivity index is 1.11. The number of hydrogen-bond donors (Lipinski definition) is 0. The first-order valence-electron chi connectivity index (χ1n) is 35.2. The zero-order chi connectivity index (χ0) is 67.8. The Bertz CT molecular complexity index is 6400. The second-order valence-electron chi connectivity index (χ2n) is 27.0.